The Labute approximate surface area is 98.8 Å². The molecular weight excluding hydrogens is 202 g/mol. The summed E-state index contributed by atoms with van der Waals surface area (Å²) in [4.78, 5) is 22.9. The Morgan fingerprint density at radius 3 is 1.69 bits per heavy atom. The zero-order valence-corrected chi connectivity index (χ0v) is 11.4. The first-order valence-corrected chi connectivity index (χ1v) is 5.76. The number of nitrogens with two attached hydrogens (primary N) is 1. The second-order valence-corrected chi connectivity index (χ2v) is 6.61. The Morgan fingerprint density at radius 2 is 1.44 bits per heavy atom. The van der Waals surface area contributed by atoms with Crippen molar-refractivity contribution < 1.29 is 9.59 Å². The van der Waals surface area contributed by atoms with Crippen LogP contribution in [0.2, 0.25) is 0 Å². The van der Waals surface area contributed by atoms with Gasteiger partial charge in [-0.3, -0.25) is 9.59 Å². The van der Waals surface area contributed by atoms with Crippen LogP contribution >= 0.6 is 0 Å². The van der Waals surface area contributed by atoms with E-state index in [0.717, 1.165) is 0 Å². The van der Waals surface area contributed by atoms with E-state index in [0.29, 0.717) is 6.42 Å². The molecule has 0 fully saturated rings. The monoisotopic (exact) mass is 227 g/mol. The first kappa shape index (κ1) is 15.1. The van der Waals surface area contributed by atoms with E-state index in [1.807, 2.05) is 41.5 Å². The Morgan fingerprint density at radius 1 is 1.00 bits per heavy atom. The van der Waals surface area contributed by atoms with Crippen molar-refractivity contribution in [1.82, 2.24) is 0 Å². The van der Waals surface area contributed by atoms with Crippen molar-refractivity contribution in [2.45, 2.75) is 54.4 Å². The van der Waals surface area contributed by atoms with E-state index in [9.17, 15) is 9.59 Å². The van der Waals surface area contributed by atoms with Gasteiger partial charge in [0.05, 0.1) is 0 Å². The second-order valence-electron chi connectivity index (χ2n) is 6.61. The van der Waals surface area contributed by atoms with Gasteiger partial charge >= 0.3 is 0 Å². The van der Waals surface area contributed by atoms with Gasteiger partial charge in [-0.15, -0.1) is 0 Å². The van der Waals surface area contributed by atoms with Gasteiger partial charge in [-0.1, -0.05) is 41.5 Å². The third-order valence-electron chi connectivity index (χ3n) is 2.94. The number of hydrogen-bond donors (Lipinski definition) is 1. The minimum absolute atomic E-state index is 0.0247. The van der Waals surface area contributed by atoms with Gasteiger partial charge in [-0.05, 0) is 11.3 Å². The average Bonchev–Trinajstić information content (AvgIpc) is 1.98. The van der Waals surface area contributed by atoms with E-state index in [1.54, 1.807) is 0 Å². The van der Waals surface area contributed by atoms with E-state index < -0.39 is 0 Å². The fourth-order valence-corrected chi connectivity index (χ4v) is 1.46. The maximum atomic E-state index is 12.0. The molecule has 0 heterocycles. The highest BCUT2D eigenvalue weighted by atomic mass is 16.1. The van der Waals surface area contributed by atoms with Crippen molar-refractivity contribution in [3.63, 3.8) is 0 Å². The standard InChI is InChI=1S/C13H25NO2/c1-12(2,3)9(8-11(14)16)7-10(15)13(4,5)6/h9H,7-8H2,1-6H3,(H2,14,16)/t9-/m0/s1. The molecule has 0 aromatic rings. The normalized spacial score (nSPS) is 14.6. The molecule has 0 aromatic carbocycles. The highest BCUT2D eigenvalue weighted by Crippen LogP contribution is 2.34. The van der Waals surface area contributed by atoms with Gasteiger partial charge in [-0.25, -0.2) is 0 Å². The first-order valence-electron chi connectivity index (χ1n) is 5.76. The summed E-state index contributed by atoms with van der Waals surface area (Å²) in [6.45, 7) is 11.8. The largest absolute Gasteiger partial charge is 0.370 e. The molecule has 3 heteroatoms. The highest BCUT2D eigenvalue weighted by molar-refractivity contribution is 5.84. The molecule has 0 spiro atoms. The number of carbonyl (C=O) groups is 2. The summed E-state index contributed by atoms with van der Waals surface area (Å²) in [5, 5.41) is 0. The third-order valence-corrected chi connectivity index (χ3v) is 2.94. The zero-order valence-electron chi connectivity index (χ0n) is 11.4. The molecule has 0 bridgehead atoms. The molecule has 94 valence electrons. The van der Waals surface area contributed by atoms with Crippen molar-refractivity contribution in [2.24, 2.45) is 22.5 Å². The summed E-state index contributed by atoms with van der Waals surface area (Å²) in [7, 11) is 0. The van der Waals surface area contributed by atoms with Gasteiger partial charge in [0.15, 0.2) is 0 Å². The van der Waals surface area contributed by atoms with Gasteiger partial charge in [0.25, 0.3) is 0 Å². The zero-order chi connectivity index (χ0) is 13.1. The maximum Gasteiger partial charge on any atom is 0.217 e. The van der Waals surface area contributed by atoms with Crippen LogP contribution in [-0.4, -0.2) is 11.7 Å². The topological polar surface area (TPSA) is 60.2 Å². The van der Waals surface area contributed by atoms with Crippen molar-refractivity contribution in [3.05, 3.63) is 0 Å². The van der Waals surface area contributed by atoms with Crippen molar-refractivity contribution in [2.75, 3.05) is 0 Å². The van der Waals surface area contributed by atoms with Crippen LogP contribution in [0.15, 0.2) is 0 Å². The van der Waals surface area contributed by atoms with E-state index >= 15 is 0 Å². The lowest BCUT2D eigenvalue weighted by molar-refractivity contribution is -0.129. The average molecular weight is 227 g/mol. The number of rotatable bonds is 4. The van der Waals surface area contributed by atoms with Crippen LogP contribution in [0, 0.1) is 16.7 Å². The molecule has 0 saturated heterocycles. The lowest BCUT2D eigenvalue weighted by Crippen LogP contribution is -2.32. The predicted molar refractivity (Wildman–Crippen MR) is 65.8 cm³/mol. The summed E-state index contributed by atoms with van der Waals surface area (Å²) in [6, 6.07) is 0. The molecule has 0 aromatic heterocycles. The number of amides is 1. The Balaban J connectivity index is 4.70. The van der Waals surface area contributed by atoms with E-state index in [4.69, 9.17) is 5.73 Å². The Bertz CT molecular complexity index is 269. The first-order chi connectivity index (χ1) is 6.94. The Hall–Kier alpha value is -0.860. The molecule has 1 amide bonds. The van der Waals surface area contributed by atoms with Gasteiger partial charge in [0.1, 0.15) is 5.78 Å². The molecule has 2 N–H and O–H groups in total. The molecule has 0 saturated carbocycles. The van der Waals surface area contributed by atoms with Gasteiger partial charge in [-0.2, -0.15) is 0 Å². The molecule has 1 atom stereocenters. The van der Waals surface area contributed by atoms with Crippen LogP contribution in [-0.2, 0) is 9.59 Å². The van der Waals surface area contributed by atoms with E-state index in [1.165, 1.54) is 0 Å². The summed E-state index contributed by atoms with van der Waals surface area (Å²) >= 11 is 0. The second kappa shape index (κ2) is 4.98. The van der Waals surface area contributed by atoms with Gasteiger partial charge < -0.3 is 5.73 Å². The van der Waals surface area contributed by atoms with Gasteiger partial charge in [0.2, 0.25) is 5.91 Å². The van der Waals surface area contributed by atoms with Crippen molar-refractivity contribution in [1.29, 1.82) is 0 Å². The van der Waals surface area contributed by atoms with Crippen LogP contribution in [0.1, 0.15) is 54.4 Å². The molecule has 0 aliphatic carbocycles. The number of primary amides is 1. The minimum atomic E-state index is -0.346. The molecule has 0 rings (SSSR count). The fraction of sp³-hybridized carbons (Fsp3) is 0.846. The smallest absolute Gasteiger partial charge is 0.217 e. The lowest BCUT2D eigenvalue weighted by Gasteiger charge is -2.31. The van der Waals surface area contributed by atoms with Crippen LogP contribution in [0.25, 0.3) is 0 Å². The van der Waals surface area contributed by atoms with E-state index in [2.05, 4.69) is 0 Å². The van der Waals surface area contributed by atoms with E-state index in [-0.39, 0.29) is 34.9 Å². The molecule has 3 nitrogen and oxygen atoms in total. The quantitative estimate of drug-likeness (QED) is 0.802. The molecule has 0 radical (unpaired) electrons. The summed E-state index contributed by atoms with van der Waals surface area (Å²) in [5.41, 5.74) is 4.81. The van der Waals surface area contributed by atoms with Crippen molar-refractivity contribution >= 4 is 11.7 Å². The lowest BCUT2D eigenvalue weighted by atomic mass is 9.73. The Kier molecular flexibility index (Phi) is 4.71. The number of ketones is 1. The van der Waals surface area contributed by atoms with Crippen molar-refractivity contribution in [3.8, 4) is 0 Å². The van der Waals surface area contributed by atoms with Gasteiger partial charge in [0, 0.05) is 18.3 Å². The number of Topliss-reactive ketones (excluding diaryl/α,β-unsaturated/α-hetero) is 1. The maximum absolute atomic E-state index is 12.0. The molecular formula is C13H25NO2. The minimum Gasteiger partial charge on any atom is -0.370 e. The molecule has 0 unspecified atom stereocenters. The number of hydrogen-bond acceptors (Lipinski definition) is 2. The van der Waals surface area contributed by atoms with Crippen LogP contribution in [0.3, 0.4) is 0 Å². The number of carbonyl (C=O) groups excluding carboxylic acids is 2. The van der Waals surface area contributed by atoms with Crippen LogP contribution < -0.4 is 5.73 Å². The molecule has 0 aliphatic heterocycles. The third kappa shape index (κ3) is 5.29. The molecule has 16 heavy (non-hydrogen) atoms. The fourth-order valence-electron chi connectivity index (χ4n) is 1.46. The highest BCUT2D eigenvalue weighted by Gasteiger charge is 2.32. The summed E-state index contributed by atoms with van der Waals surface area (Å²) in [5.74, 6) is -0.118. The summed E-state index contributed by atoms with van der Waals surface area (Å²) < 4.78 is 0. The SMILES string of the molecule is CC(C)(C)C(=O)C[C@@H](CC(N)=O)C(C)(C)C. The predicted octanol–water partition coefficient (Wildman–Crippen LogP) is 2.53. The van der Waals surface area contributed by atoms with Crippen LogP contribution in [0.4, 0.5) is 0 Å². The summed E-state index contributed by atoms with van der Waals surface area (Å²) in [6.07, 6.45) is 0.710. The molecule has 0 aliphatic rings. The van der Waals surface area contributed by atoms with Crippen LogP contribution in [0.5, 0.6) is 0 Å².